The normalized spacial score (nSPS) is 16.1. The zero-order chi connectivity index (χ0) is 13.7. The van der Waals surface area contributed by atoms with Gasteiger partial charge in [-0.05, 0) is 31.9 Å². The molecule has 0 aromatic carbocycles. The Morgan fingerprint density at radius 1 is 1.32 bits per heavy atom. The lowest BCUT2D eigenvalue weighted by molar-refractivity contribution is 0.0640. The first-order valence-corrected chi connectivity index (χ1v) is 7.08. The van der Waals surface area contributed by atoms with Crippen molar-refractivity contribution < 1.29 is 4.79 Å². The van der Waals surface area contributed by atoms with E-state index in [9.17, 15) is 4.79 Å². The molecule has 5 nitrogen and oxygen atoms in total. The monoisotopic (exact) mass is 262 g/mol. The molecule has 0 bridgehead atoms. The average molecular weight is 262 g/mol. The Bertz CT molecular complexity index is 412. The molecule has 1 N–H and O–H groups in total. The second-order valence-electron chi connectivity index (χ2n) is 4.94. The fourth-order valence-corrected chi connectivity index (χ4v) is 2.69. The molecule has 0 aliphatic heterocycles. The predicted octanol–water partition coefficient (Wildman–Crippen LogP) is 2.31. The number of anilines is 1. The highest BCUT2D eigenvalue weighted by Crippen LogP contribution is 2.23. The standard InChI is InChI=1S/C14H22N4O/c1-3-18(11-7-5-4-6-8-11)14(19)12-9-10-13(15-2)17-16-12/h9-11H,3-8H2,1-2H3,(H,15,17). The topological polar surface area (TPSA) is 58.1 Å². The molecular formula is C14H22N4O. The maximum absolute atomic E-state index is 12.5. The second-order valence-corrected chi connectivity index (χ2v) is 4.94. The van der Waals surface area contributed by atoms with Crippen molar-refractivity contribution in [1.29, 1.82) is 0 Å². The highest BCUT2D eigenvalue weighted by atomic mass is 16.2. The van der Waals surface area contributed by atoms with Gasteiger partial charge < -0.3 is 10.2 Å². The van der Waals surface area contributed by atoms with Gasteiger partial charge in [0.1, 0.15) is 5.82 Å². The maximum atomic E-state index is 12.5. The van der Waals surface area contributed by atoms with Gasteiger partial charge in [0.05, 0.1) is 0 Å². The summed E-state index contributed by atoms with van der Waals surface area (Å²) in [5, 5.41) is 10.9. The van der Waals surface area contributed by atoms with E-state index in [0.29, 0.717) is 17.6 Å². The van der Waals surface area contributed by atoms with Gasteiger partial charge >= 0.3 is 0 Å². The van der Waals surface area contributed by atoms with Crippen LogP contribution in [0.4, 0.5) is 5.82 Å². The Morgan fingerprint density at radius 3 is 2.58 bits per heavy atom. The Balaban J connectivity index is 2.10. The van der Waals surface area contributed by atoms with Crippen LogP contribution in [-0.2, 0) is 0 Å². The zero-order valence-corrected chi connectivity index (χ0v) is 11.7. The quantitative estimate of drug-likeness (QED) is 0.904. The fraction of sp³-hybridized carbons (Fsp3) is 0.643. The van der Waals surface area contributed by atoms with Crippen LogP contribution in [0.1, 0.15) is 49.5 Å². The van der Waals surface area contributed by atoms with Crippen LogP contribution in [0.15, 0.2) is 12.1 Å². The van der Waals surface area contributed by atoms with Crippen molar-refractivity contribution in [3.05, 3.63) is 17.8 Å². The molecule has 0 atom stereocenters. The Hall–Kier alpha value is -1.65. The number of aromatic nitrogens is 2. The molecule has 0 radical (unpaired) electrons. The Kier molecular flexibility index (Phi) is 4.71. The van der Waals surface area contributed by atoms with E-state index < -0.39 is 0 Å². The van der Waals surface area contributed by atoms with Crippen molar-refractivity contribution in [3.8, 4) is 0 Å². The van der Waals surface area contributed by atoms with Gasteiger partial charge in [-0.25, -0.2) is 0 Å². The molecule has 1 aliphatic carbocycles. The highest BCUT2D eigenvalue weighted by Gasteiger charge is 2.25. The first-order valence-electron chi connectivity index (χ1n) is 7.08. The molecule has 1 aromatic heterocycles. The Labute approximate surface area is 114 Å². The molecule has 0 unspecified atom stereocenters. The summed E-state index contributed by atoms with van der Waals surface area (Å²) in [4.78, 5) is 14.4. The van der Waals surface area contributed by atoms with E-state index in [2.05, 4.69) is 15.5 Å². The summed E-state index contributed by atoms with van der Waals surface area (Å²) in [6.07, 6.45) is 5.96. The minimum absolute atomic E-state index is 0.00422. The van der Waals surface area contributed by atoms with Crippen molar-refractivity contribution >= 4 is 11.7 Å². The smallest absolute Gasteiger partial charge is 0.274 e. The molecule has 1 aromatic rings. The summed E-state index contributed by atoms with van der Waals surface area (Å²) in [7, 11) is 1.78. The zero-order valence-electron chi connectivity index (χ0n) is 11.7. The van der Waals surface area contributed by atoms with Crippen molar-refractivity contribution in [2.24, 2.45) is 0 Å². The summed E-state index contributed by atoms with van der Waals surface area (Å²) >= 11 is 0. The first kappa shape index (κ1) is 13.8. The number of carbonyl (C=O) groups is 1. The minimum Gasteiger partial charge on any atom is -0.372 e. The van der Waals surface area contributed by atoms with Crippen LogP contribution in [0.3, 0.4) is 0 Å². The van der Waals surface area contributed by atoms with Gasteiger partial charge in [-0.2, -0.15) is 0 Å². The lowest BCUT2D eigenvalue weighted by Crippen LogP contribution is -2.41. The van der Waals surface area contributed by atoms with E-state index >= 15 is 0 Å². The molecule has 1 aliphatic rings. The van der Waals surface area contributed by atoms with Crippen molar-refractivity contribution in [1.82, 2.24) is 15.1 Å². The number of hydrogen-bond donors (Lipinski definition) is 1. The number of nitrogens with zero attached hydrogens (tertiary/aromatic N) is 3. The number of nitrogens with one attached hydrogen (secondary N) is 1. The highest BCUT2D eigenvalue weighted by molar-refractivity contribution is 5.92. The first-order chi connectivity index (χ1) is 9.26. The van der Waals surface area contributed by atoms with Crippen LogP contribution in [0, 0.1) is 0 Å². The van der Waals surface area contributed by atoms with E-state index in [-0.39, 0.29) is 5.91 Å². The molecule has 1 fully saturated rings. The molecule has 1 saturated carbocycles. The van der Waals surface area contributed by atoms with Crippen molar-refractivity contribution in [2.75, 3.05) is 18.9 Å². The number of amides is 1. The van der Waals surface area contributed by atoms with E-state index in [1.165, 1.54) is 19.3 Å². The van der Waals surface area contributed by atoms with Gasteiger partial charge in [0.15, 0.2) is 5.69 Å². The van der Waals surface area contributed by atoms with Gasteiger partial charge in [0.25, 0.3) is 5.91 Å². The minimum atomic E-state index is 0.00422. The summed E-state index contributed by atoms with van der Waals surface area (Å²) in [6.45, 7) is 2.76. The van der Waals surface area contributed by atoms with E-state index in [1.807, 2.05) is 11.8 Å². The average Bonchev–Trinajstić information content (AvgIpc) is 2.49. The Morgan fingerprint density at radius 2 is 2.05 bits per heavy atom. The molecule has 104 valence electrons. The molecule has 1 heterocycles. The molecule has 19 heavy (non-hydrogen) atoms. The lowest BCUT2D eigenvalue weighted by Gasteiger charge is -2.33. The predicted molar refractivity (Wildman–Crippen MR) is 75.2 cm³/mol. The fourth-order valence-electron chi connectivity index (χ4n) is 2.69. The molecule has 1 amide bonds. The van der Waals surface area contributed by atoms with Gasteiger partial charge in [0.2, 0.25) is 0 Å². The number of hydrogen-bond acceptors (Lipinski definition) is 4. The van der Waals surface area contributed by atoms with Crippen LogP contribution in [-0.4, -0.2) is 40.6 Å². The largest absolute Gasteiger partial charge is 0.372 e. The summed E-state index contributed by atoms with van der Waals surface area (Å²) in [5.74, 6) is 0.682. The third kappa shape index (κ3) is 3.22. The molecule has 0 saturated heterocycles. The van der Waals surface area contributed by atoms with E-state index in [4.69, 9.17) is 0 Å². The SMILES string of the molecule is CCN(C(=O)c1ccc(NC)nn1)C1CCCCC1. The number of carbonyl (C=O) groups excluding carboxylic acids is 1. The van der Waals surface area contributed by atoms with E-state index in [1.54, 1.807) is 19.2 Å². The van der Waals surface area contributed by atoms with Crippen molar-refractivity contribution in [2.45, 2.75) is 45.1 Å². The second kappa shape index (κ2) is 6.50. The van der Waals surface area contributed by atoms with Crippen LogP contribution in [0.25, 0.3) is 0 Å². The van der Waals surface area contributed by atoms with Gasteiger partial charge in [0, 0.05) is 19.6 Å². The summed E-state index contributed by atoms with van der Waals surface area (Å²) in [5.41, 5.74) is 0.437. The van der Waals surface area contributed by atoms with Gasteiger partial charge in [-0.1, -0.05) is 19.3 Å². The van der Waals surface area contributed by atoms with Crippen LogP contribution in [0.2, 0.25) is 0 Å². The third-order valence-corrected chi connectivity index (χ3v) is 3.76. The molecule has 0 spiro atoms. The molecule has 2 rings (SSSR count). The van der Waals surface area contributed by atoms with Gasteiger partial charge in [-0.15, -0.1) is 10.2 Å². The summed E-state index contributed by atoms with van der Waals surface area (Å²) in [6, 6.07) is 3.90. The van der Waals surface area contributed by atoms with Crippen LogP contribution < -0.4 is 5.32 Å². The molecular weight excluding hydrogens is 240 g/mol. The number of rotatable bonds is 4. The van der Waals surface area contributed by atoms with Crippen molar-refractivity contribution in [3.63, 3.8) is 0 Å². The van der Waals surface area contributed by atoms with Crippen LogP contribution in [0.5, 0.6) is 0 Å². The lowest BCUT2D eigenvalue weighted by atomic mass is 9.94. The summed E-state index contributed by atoms with van der Waals surface area (Å²) < 4.78 is 0. The molecule has 5 heteroatoms. The third-order valence-electron chi connectivity index (χ3n) is 3.76. The van der Waals surface area contributed by atoms with Gasteiger partial charge in [-0.3, -0.25) is 4.79 Å². The van der Waals surface area contributed by atoms with Crippen LogP contribution >= 0.6 is 0 Å². The maximum Gasteiger partial charge on any atom is 0.274 e. The van der Waals surface area contributed by atoms with E-state index in [0.717, 1.165) is 19.4 Å².